The van der Waals surface area contributed by atoms with Crippen LogP contribution in [0.1, 0.15) is 12.0 Å². The van der Waals surface area contributed by atoms with Crippen molar-refractivity contribution in [2.75, 3.05) is 13.2 Å². The molecule has 2 heteroatoms. The van der Waals surface area contributed by atoms with Gasteiger partial charge in [-0.2, -0.15) is 0 Å². The van der Waals surface area contributed by atoms with E-state index >= 15 is 0 Å². The summed E-state index contributed by atoms with van der Waals surface area (Å²) in [5.74, 6) is 0.422. The zero-order chi connectivity index (χ0) is 9.80. The topological polar surface area (TPSA) is 26.3 Å². The summed E-state index contributed by atoms with van der Waals surface area (Å²) in [6.45, 7) is 1.19. The van der Waals surface area contributed by atoms with Gasteiger partial charge in [-0.05, 0) is 12.0 Å². The second kappa shape index (κ2) is 4.38. The lowest BCUT2D eigenvalue weighted by Crippen LogP contribution is -2.29. The number of hydrogen-bond donors (Lipinski definition) is 0. The predicted octanol–water partition coefficient (Wildman–Crippen LogP) is 1.83. The summed E-state index contributed by atoms with van der Waals surface area (Å²) < 4.78 is 5.30. The lowest BCUT2D eigenvalue weighted by molar-refractivity contribution is -0.130. The van der Waals surface area contributed by atoms with Crippen LogP contribution in [0.2, 0.25) is 0 Å². The van der Waals surface area contributed by atoms with E-state index < -0.39 is 0 Å². The van der Waals surface area contributed by atoms with Crippen molar-refractivity contribution in [2.45, 2.75) is 12.8 Å². The van der Waals surface area contributed by atoms with Crippen molar-refractivity contribution >= 4 is 5.78 Å². The van der Waals surface area contributed by atoms with Gasteiger partial charge in [0, 0.05) is 12.3 Å². The van der Waals surface area contributed by atoms with E-state index in [-0.39, 0.29) is 5.92 Å². The molecule has 74 valence electrons. The number of rotatable bonds is 2. The monoisotopic (exact) mass is 190 g/mol. The summed E-state index contributed by atoms with van der Waals surface area (Å²) in [6, 6.07) is 10.1. The van der Waals surface area contributed by atoms with Gasteiger partial charge in [0.25, 0.3) is 0 Å². The van der Waals surface area contributed by atoms with Crippen LogP contribution >= 0.6 is 0 Å². The van der Waals surface area contributed by atoms with Crippen LogP contribution < -0.4 is 0 Å². The maximum absolute atomic E-state index is 11.5. The molecule has 2 nitrogen and oxygen atoms in total. The molecule has 2 rings (SSSR count). The van der Waals surface area contributed by atoms with Gasteiger partial charge in [-0.1, -0.05) is 30.3 Å². The Hall–Kier alpha value is -1.15. The Labute approximate surface area is 83.9 Å². The minimum Gasteiger partial charge on any atom is -0.380 e. The molecule has 0 bridgehead atoms. The van der Waals surface area contributed by atoms with Crippen LogP contribution in [0.25, 0.3) is 0 Å². The average Bonchev–Trinajstić information content (AvgIpc) is 2.23. The molecule has 1 saturated heterocycles. The fourth-order valence-corrected chi connectivity index (χ4v) is 1.77. The summed E-state index contributed by atoms with van der Waals surface area (Å²) in [4.78, 5) is 11.5. The van der Waals surface area contributed by atoms with E-state index in [4.69, 9.17) is 4.74 Å². The highest BCUT2D eigenvalue weighted by Crippen LogP contribution is 2.15. The van der Waals surface area contributed by atoms with Crippen molar-refractivity contribution in [3.05, 3.63) is 35.9 Å². The van der Waals surface area contributed by atoms with Gasteiger partial charge in [0.1, 0.15) is 5.78 Å². The van der Waals surface area contributed by atoms with Crippen LogP contribution in [0.15, 0.2) is 30.3 Å². The molecule has 1 heterocycles. The van der Waals surface area contributed by atoms with Crippen LogP contribution in [0.5, 0.6) is 0 Å². The van der Waals surface area contributed by atoms with E-state index in [0.29, 0.717) is 25.4 Å². The van der Waals surface area contributed by atoms with Crippen LogP contribution in [-0.2, 0) is 16.0 Å². The van der Waals surface area contributed by atoms with E-state index in [2.05, 4.69) is 12.1 Å². The van der Waals surface area contributed by atoms with E-state index in [9.17, 15) is 4.79 Å². The smallest absolute Gasteiger partial charge is 0.140 e. The van der Waals surface area contributed by atoms with Gasteiger partial charge in [0.05, 0.1) is 13.2 Å². The predicted molar refractivity (Wildman–Crippen MR) is 54.1 cm³/mol. The summed E-state index contributed by atoms with van der Waals surface area (Å²) in [5.41, 5.74) is 1.22. The normalized spacial score (nSPS) is 22.3. The number of carbonyl (C=O) groups is 1. The quantitative estimate of drug-likeness (QED) is 0.711. The molecule has 0 spiro atoms. The summed E-state index contributed by atoms with van der Waals surface area (Å²) in [6.07, 6.45) is 1.40. The van der Waals surface area contributed by atoms with Crippen molar-refractivity contribution in [2.24, 2.45) is 5.92 Å². The Bertz CT molecular complexity index is 305. The van der Waals surface area contributed by atoms with Gasteiger partial charge in [-0.3, -0.25) is 4.79 Å². The molecule has 0 amide bonds. The summed E-state index contributed by atoms with van der Waals surface area (Å²) in [7, 11) is 0. The van der Waals surface area contributed by atoms with E-state index in [1.807, 2.05) is 18.2 Å². The highest BCUT2D eigenvalue weighted by atomic mass is 16.5. The average molecular weight is 190 g/mol. The van der Waals surface area contributed by atoms with Crippen molar-refractivity contribution in [3.8, 4) is 0 Å². The van der Waals surface area contributed by atoms with Gasteiger partial charge in [0.2, 0.25) is 0 Å². The molecule has 0 aliphatic carbocycles. The molecular weight excluding hydrogens is 176 g/mol. The number of carbonyl (C=O) groups excluding carboxylic acids is 1. The standard InChI is InChI=1S/C12H14O2/c13-12-6-7-14-9-11(12)8-10-4-2-1-3-5-10/h1-5,11H,6-9H2/t11-/m0/s1. The molecule has 0 saturated carbocycles. The van der Waals surface area contributed by atoms with Crippen molar-refractivity contribution in [3.63, 3.8) is 0 Å². The Balaban J connectivity index is 2.00. The first-order chi connectivity index (χ1) is 6.86. The molecule has 1 aromatic rings. The first kappa shape index (κ1) is 9.41. The Morgan fingerprint density at radius 3 is 2.79 bits per heavy atom. The van der Waals surface area contributed by atoms with Gasteiger partial charge >= 0.3 is 0 Å². The van der Waals surface area contributed by atoms with Crippen LogP contribution in [0.3, 0.4) is 0 Å². The van der Waals surface area contributed by atoms with Crippen LogP contribution in [-0.4, -0.2) is 19.0 Å². The molecule has 14 heavy (non-hydrogen) atoms. The number of benzene rings is 1. The van der Waals surface area contributed by atoms with Gasteiger partial charge < -0.3 is 4.74 Å². The van der Waals surface area contributed by atoms with Gasteiger partial charge in [-0.15, -0.1) is 0 Å². The lowest BCUT2D eigenvalue weighted by Gasteiger charge is -2.20. The largest absolute Gasteiger partial charge is 0.380 e. The van der Waals surface area contributed by atoms with Crippen LogP contribution in [0, 0.1) is 5.92 Å². The number of ether oxygens (including phenoxy) is 1. The molecule has 1 atom stereocenters. The zero-order valence-corrected chi connectivity index (χ0v) is 8.11. The molecular formula is C12H14O2. The Morgan fingerprint density at radius 1 is 1.29 bits per heavy atom. The third-order valence-corrected chi connectivity index (χ3v) is 2.59. The highest BCUT2D eigenvalue weighted by Gasteiger charge is 2.22. The van der Waals surface area contributed by atoms with E-state index in [0.717, 1.165) is 6.42 Å². The minimum atomic E-state index is 0.0751. The Morgan fingerprint density at radius 2 is 2.07 bits per heavy atom. The molecule has 0 aromatic heterocycles. The van der Waals surface area contributed by atoms with E-state index in [1.54, 1.807) is 0 Å². The van der Waals surface area contributed by atoms with Crippen molar-refractivity contribution in [1.29, 1.82) is 0 Å². The number of ketones is 1. The summed E-state index contributed by atoms with van der Waals surface area (Å²) in [5, 5.41) is 0. The first-order valence-electron chi connectivity index (χ1n) is 5.00. The second-order valence-corrected chi connectivity index (χ2v) is 3.68. The summed E-state index contributed by atoms with van der Waals surface area (Å²) >= 11 is 0. The number of hydrogen-bond acceptors (Lipinski definition) is 2. The highest BCUT2D eigenvalue weighted by molar-refractivity contribution is 5.82. The first-order valence-corrected chi connectivity index (χ1v) is 5.00. The molecule has 0 N–H and O–H groups in total. The van der Waals surface area contributed by atoms with Gasteiger partial charge in [0.15, 0.2) is 0 Å². The maximum Gasteiger partial charge on any atom is 0.140 e. The third-order valence-electron chi connectivity index (χ3n) is 2.59. The maximum atomic E-state index is 11.5. The van der Waals surface area contributed by atoms with Crippen molar-refractivity contribution < 1.29 is 9.53 Å². The molecule has 1 aliphatic rings. The van der Waals surface area contributed by atoms with Crippen molar-refractivity contribution in [1.82, 2.24) is 0 Å². The SMILES string of the molecule is O=C1CCOC[C@@H]1Cc1ccccc1. The third kappa shape index (κ3) is 2.20. The second-order valence-electron chi connectivity index (χ2n) is 3.68. The molecule has 1 aromatic carbocycles. The van der Waals surface area contributed by atoms with Crippen LogP contribution in [0.4, 0.5) is 0 Å². The molecule has 1 fully saturated rings. The Kier molecular flexibility index (Phi) is 2.94. The number of Topliss-reactive ketones (excluding diaryl/α,β-unsaturated/α-hetero) is 1. The molecule has 0 radical (unpaired) electrons. The fraction of sp³-hybridized carbons (Fsp3) is 0.417. The lowest BCUT2D eigenvalue weighted by atomic mass is 9.93. The molecule has 1 aliphatic heterocycles. The van der Waals surface area contributed by atoms with Gasteiger partial charge in [-0.25, -0.2) is 0 Å². The zero-order valence-electron chi connectivity index (χ0n) is 8.11. The molecule has 0 unspecified atom stereocenters. The fourth-order valence-electron chi connectivity index (χ4n) is 1.77. The minimum absolute atomic E-state index is 0.0751. The van der Waals surface area contributed by atoms with E-state index in [1.165, 1.54) is 5.56 Å².